The first-order valence-corrected chi connectivity index (χ1v) is 10.4. The molecule has 5 rings (SSSR count). The molecule has 0 aromatic heterocycles. The minimum atomic E-state index is -0.394. The largest absolute Gasteiger partial charge is 0.356 e. The molecule has 0 atom stereocenters. The number of nitrogens with one attached hydrogen (secondary N) is 2. The van der Waals surface area contributed by atoms with Crippen LogP contribution in [-0.4, -0.2) is 17.7 Å². The zero-order valence-electron chi connectivity index (χ0n) is 17.5. The third-order valence-electron chi connectivity index (χ3n) is 5.37. The van der Waals surface area contributed by atoms with E-state index in [0.717, 1.165) is 16.3 Å². The number of hydrogen-bond donors (Lipinski definition) is 2. The molecule has 0 saturated heterocycles. The van der Waals surface area contributed by atoms with Gasteiger partial charge in [0.25, 0.3) is 17.7 Å². The lowest BCUT2D eigenvalue weighted by molar-refractivity contribution is 0.0924. The van der Waals surface area contributed by atoms with E-state index in [0.29, 0.717) is 28.1 Å². The van der Waals surface area contributed by atoms with Crippen LogP contribution >= 0.6 is 0 Å². The number of benzene rings is 4. The highest BCUT2D eigenvalue weighted by atomic mass is 16.2. The second-order valence-electron chi connectivity index (χ2n) is 7.56. The zero-order chi connectivity index (χ0) is 22.8. The van der Waals surface area contributed by atoms with Crippen molar-refractivity contribution < 1.29 is 14.4 Å². The Labute approximate surface area is 190 Å². The summed E-state index contributed by atoms with van der Waals surface area (Å²) in [5, 5.41) is 6.14. The van der Waals surface area contributed by atoms with Crippen molar-refractivity contribution in [3.63, 3.8) is 0 Å². The van der Waals surface area contributed by atoms with Gasteiger partial charge in [0.2, 0.25) is 0 Å². The molecule has 160 valence electrons. The standard InChI is InChI=1S/C27H19N3O3/c31-25(29-21-15-13-20(14-16-21)28-19-8-2-1-3-9-19)18-7-6-10-22(17-18)30-26(32)23-11-4-5-12-24(23)27(30)33/h1-17,28H,(H,29,31). The van der Waals surface area contributed by atoms with E-state index in [1.165, 1.54) is 0 Å². The number of fused-ring (bicyclic) bond motifs is 1. The van der Waals surface area contributed by atoms with Crippen LogP contribution in [0.4, 0.5) is 22.7 Å². The van der Waals surface area contributed by atoms with Gasteiger partial charge in [-0.2, -0.15) is 0 Å². The van der Waals surface area contributed by atoms with Gasteiger partial charge in [-0.25, -0.2) is 4.90 Å². The Kier molecular flexibility index (Phi) is 5.16. The van der Waals surface area contributed by atoms with Gasteiger partial charge in [0.1, 0.15) is 0 Å². The first kappa shape index (κ1) is 20.2. The molecule has 2 N–H and O–H groups in total. The molecule has 6 heteroatoms. The van der Waals surface area contributed by atoms with Gasteiger partial charge in [-0.05, 0) is 66.7 Å². The van der Waals surface area contributed by atoms with Crippen LogP contribution in [0.1, 0.15) is 31.1 Å². The molecule has 1 heterocycles. The van der Waals surface area contributed by atoms with E-state index in [1.807, 2.05) is 42.5 Å². The minimum absolute atomic E-state index is 0.336. The Balaban J connectivity index is 1.31. The summed E-state index contributed by atoms with van der Waals surface area (Å²) in [4.78, 5) is 39.4. The highest BCUT2D eigenvalue weighted by molar-refractivity contribution is 6.34. The molecule has 0 spiro atoms. The molecule has 4 aromatic rings. The van der Waals surface area contributed by atoms with Gasteiger partial charge in [0.15, 0.2) is 0 Å². The minimum Gasteiger partial charge on any atom is -0.356 e. The third-order valence-corrected chi connectivity index (χ3v) is 5.37. The van der Waals surface area contributed by atoms with Crippen LogP contribution in [0.25, 0.3) is 0 Å². The van der Waals surface area contributed by atoms with Crippen molar-refractivity contribution in [1.82, 2.24) is 0 Å². The molecule has 33 heavy (non-hydrogen) atoms. The maximum atomic E-state index is 12.8. The summed E-state index contributed by atoms with van der Waals surface area (Å²) in [5.41, 5.74) is 3.92. The maximum absolute atomic E-state index is 12.8. The Bertz CT molecular complexity index is 1330. The Hall–Kier alpha value is -4.71. The van der Waals surface area contributed by atoms with E-state index >= 15 is 0 Å². The van der Waals surface area contributed by atoms with Gasteiger partial charge in [0.05, 0.1) is 16.8 Å². The molecule has 0 radical (unpaired) electrons. The fourth-order valence-corrected chi connectivity index (χ4v) is 3.74. The van der Waals surface area contributed by atoms with E-state index in [9.17, 15) is 14.4 Å². The van der Waals surface area contributed by atoms with Crippen LogP contribution in [-0.2, 0) is 0 Å². The smallest absolute Gasteiger partial charge is 0.266 e. The Morgan fingerprint density at radius 3 is 1.85 bits per heavy atom. The fourth-order valence-electron chi connectivity index (χ4n) is 3.74. The van der Waals surface area contributed by atoms with Crippen molar-refractivity contribution in [1.29, 1.82) is 0 Å². The van der Waals surface area contributed by atoms with E-state index in [2.05, 4.69) is 10.6 Å². The van der Waals surface area contributed by atoms with Crippen LogP contribution in [0.15, 0.2) is 103 Å². The lowest BCUT2D eigenvalue weighted by Crippen LogP contribution is -2.29. The zero-order valence-corrected chi connectivity index (χ0v) is 17.5. The molecule has 3 amide bonds. The highest BCUT2D eigenvalue weighted by Gasteiger charge is 2.36. The van der Waals surface area contributed by atoms with Crippen molar-refractivity contribution in [2.75, 3.05) is 15.5 Å². The molecule has 0 aliphatic carbocycles. The Morgan fingerprint density at radius 2 is 1.18 bits per heavy atom. The lowest BCUT2D eigenvalue weighted by atomic mass is 10.1. The summed E-state index contributed by atoms with van der Waals surface area (Å²) >= 11 is 0. The van der Waals surface area contributed by atoms with E-state index in [1.54, 1.807) is 60.7 Å². The molecule has 6 nitrogen and oxygen atoms in total. The number of para-hydroxylation sites is 1. The van der Waals surface area contributed by atoms with Crippen molar-refractivity contribution >= 4 is 40.5 Å². The molecule has 1 aliphatic heterocycles. The van der Waals surface area contributed by atoms with E-state index in [-0.39, 0.29) is 5.91 Å². The van der Waals surface area contributed by atoms with Crippen LogP contribution in [0, 0.1) is 0 Å². The van der Waals surface area contributed by atoms with Gasteiger partial charge in [-0.1, -0.05) is 36.4 Å². The topological polar surface area (TPSA) is 78.5 Å². The molecular formula is C27H19N3O3. The summed E-state index contributed by atoms with van der Waals surface area (Å²) in [6.45, 7) is 0. The second kappa shape index (κ2) is 8.43. The first-order valence-electron chi connectivity index (χ1n) is 10.4. The van der Waals surface area contributed by atoms with E-state index in [4.69, 9.17) is 0 Å². The number of amides is 3. The molecule has 0 bridgehead atoms. The summed E-state index contributed by atoms with van der Waals surface area (Å²) in [7, 11) is 0. The predicted octanol–water partition coefficient (Wildman–Crippen LogP) is 5.48. The monoisotopic (exact) mass is 433 g/mol. The molecule has 0 saturated carbocycles. The summed E-state index contributed by atoms with van der Waals surface area (Å²) in [6.07, 6.45) is 0. The van der Waals surface area contributed by atoms with Crippen molar-refractivity contribution in [3.05, 3.63) is 120 Å². The predicted molar refractivity (Wildman–Crippen MR) is 128 cm³/mol. The third kappa shape index (κ3) is 3.97. The number of anilines is 4. The van der Waals surface area contributed by atoms with E-state index < -0.39 is 11.8 Å². The molecule has 1 aliphatic rings. The molecule has 0 unspecified atom stereocenters. The lowest BCUT2D eigenvalue weighted by Gasteiger charge is -2.15. The summed E-state index contributed by atoms with van der Waals surface area (Å²) in [6, 6.07) is 30.3. The Morgan fingerprint density at radius 1 is 0.606 bits per heavy atom. The SMILES string of the molecule is O=C(Nc1ccc(Nc2ccccc2)cc1)c1cccc(N2C(=O)c3ccccc3C2=O)c1. The van der Waals surface area contributed by atoms with Gasteiger partial charge < -0.3 is 10.6 Å². The average molecular weight is 433 g/mol. The number of hydrogen-bond acceptors (Lipinski definition) is 4. The van der Waals surface area contributed by atoms with Crippen LogP contribution in [0.3, 0.4) is 0 Å². The fraction of sp³-hybridized carbons (Fsp3) is 0. The molecule has 4 aromatic carbocycles. The number of nitrogens with zero attached hydrogens (tertiary/aromatic N) is 1. The average Bonchev–Trinajstić information content (AvgIpc) is 3.11. The molecular weight excluding hydrogens is 414 g/mol. The van der Waals surface area contributed by atoms with Gasteiger partial charge in [-0.15, -0.1) is 0 Å². The highest BCUT2D eigenvalue weighted by Crippen LogP contribution is 2.29. The number of carbonyl (C=O) groups excluding carboxylic acids is 3. The normalized spacial score (nSPS) is 12.4. The van der Waals surface area contributed by atoms with Crippen LogP contribution < -0.4 is 15.5 Å². The maximum Gasteiger partial charge on any atom is 0.266 e. The molecule has 0 fully saturated rings. The van der Waals surface area contributed by atoms with Gasteiger partial charge in [-0.3, -0.25) is 14.4 Å². The van der Waals surface area contributed by atoms with Crippen LogP contribution in [0.2, 0.25) is 0 Å². The summed E-state index contributed by atoms with van der Waals surface area (Å²) < 4.78 is 0. The number of rotatable bonds is 5. The summed E-state index contributed by atoms with van der Waals surface area (Å²) in [5.74, 6) is -1.12. The van der Waals surface area contributed by atoms with Crippen LogP contribution in [0.5, 0.6) is 0 Å². The van der Waals surface area contributed by atoms with Crippen molar-refractivity contribution in [2.45, 2.75) is 0 Å². The van der Waals surface area contributed by atoms with Gasteiger partial charge in [0, 0.05) is 22.6 Å². The quantitative estimate of drug-likeness (QED) is 0.408. The van der Waals surface area contributed by atoms with Gasteiger partial charge >= 0.3 is 0 Å². The van der Waals surface area contributed by atoms with Crippen molar-refractivity contribution in [2.24, 2.45) is 0 Å². The van der Waals surface area contributed by atoms with Crippen molar-refractivity contribution in [3.8, 4) is 0 Å². The second-order valence-corrected chi connectivity index (χ2v) is 7.56. The first-order chi connectivity index (χ1) is 16.1. The number of carbonyl (C=O) groups is 3. The number of imide groups is 1.